The first-order valence-electron chi connectivity index (χ1n) is 8.43. The molecule has 2 aliphatic carbocycles. The van der Waals surface area contributed by atoms with E-state index in [1.165, 1.54) is 11.6 Å². The molecule has 0 bridgehead atoms. The van der Waals surface area contributed by atoms with Crippen molar-refractivity contribution in [2.24, 2.45) is 0 Å². The van der Waals surface area contributed by atoms with Gasteiger partial charge in [0.15, 0.2) is 0 Å². The number of ether oxygens (including phenoxy) is 1. The molecule has 2 heterocycles. The monoisotopic (exact) mass is 347 g/mol. The van der Waals surface area contributed by atoms with Crippen LogP contribution in [0.4, 0.5) is 0 Å². The molecule has 9 heteroatoms. The van der Waals surface area contributed by atoms with Gasteiger partial charge in [-0.15, -0.1) is 5.10 Å². The summed E-state index contributed by atoms with van der Waals surface area (Å²) in [7, 11) is 1.45. The molecular weight excluding hydrogens is 326 g/mol. The van der Waals surface area contributed by atoms with Crippen molar-refractivity contribution in [3.8, 4) is 6.01 Å². The Morgan fingerprint density at radius 1 is 1.44 bits per heavy atom. The highest BCUT2D eigenvalue weighted by Gasteiger charge is 2.39. The molecule has 2 aromatic rings. The third kappa shape index (κ3) is 2.99. The summed E-state index contributed by atoms with van der Waals surface area (Å²) in [4.78, 5) is 24.8. The first-order valence-corrected chi connectivity index (χ1v) is 8.43. The fraction of sp³-hybridized carbons (Fsp3) is 0.625. The molecule has 2 aromatic heterocycles. The Labute approximate surface area is 143 Å². The van der Waals surface area contributed by atoms with E-state index < -0.39 is 5.60 Å². The van der Waals surface area contributed by atoms with E-state index in [-0.39, 0.29) is 30.1 Å². The maximum Gasteiger partial charge on any atom is 0.335 e. The Hall–Kier alpha value is -2.42. The van der Waals surface area contributed by atoms with Crippen LogP contribution < -0.4 is 15.6 Å². The minimum absolute atomic E-state index is 0.0692. The van der Waals surface area contributed by atoms with E-state index in [4.69, 9.17) is 4.74 Å². The molecule has 0 radical (unpaired) electrons. The van der Waals surface area contributed by atoms with Crippen molar-refractivity contribution in [3.05, 3.63) is 22.1 Å². The van der Waals surface area contributed by atoms with Crippen LogP contribution in [0.2, 0.25) is 0 Å². The van der Waals surface area contributed by atoms with Crippen LogP contribution in [0.3, 0.4) is 0 Å². The molecular formula is C16H21N5O4. The van der Waals surface area contributed by atoms with Gasteiger partial charge in [-0.05, 0) is 38.7 Å². The Kier molecular flexibility index (Phi) is 3.57. The molecule has 2 fully saturated rings. The fourth-order valence-corrected chi connectivity index (χ4v) is 3.35. The number of methoxy groups -OCH3 is 1. The lowest BCUT2D eigenvalue weighted by atomic mass is 9.77. The highest BCUT2D eigenvalue weighted by Crippen LogP contribution is 2.39. The zero-order valence-corrected chi connectivity index (χ0v) is 14.2. The number of hydrogen-bond donors (Lipinski definition) is 2. The minimum Gasteiger partial charge on any atom is -0.466 e. The second-order valence-corrected chi connectivity index (χ2v) is 7.26. The van der Waals surface area contributed by atoms with Crippen LogP contribution in [0.1, 0.15) is 44.2 Å². The third-order valence-electron chi connectivity index (χ3n) is 4.78. The molecule has 0 aliphatic heterocycles. The summed E-state index contributed by atoms with van der Waals surface area (Å²) in [6.45, 7) is 1.53. The first-order chi connectivity index (χ1) is 11.9. The number of hydrogen-bond acceptors (Lipinski definition) is 6. The van der Waals surface area contributed by atoms with Crippen molar-refractivity contribution >= 4 is 11.4 Å². The molecule has 0 saturated heterocycles. The lowest BCUT2D eigenvalue weighted by Gasteiger charge is -2.41. The molecule has 2 saturated carbocycles. The largest absolute Gasteiger partial charge is 0.466 e. The molecule has 25 heavy (non-hydrogen) atoms. The van der Waals surface area contributed by atoms with Crippen LogP contribution in [0.5, 0.6) is 6.01 Å². The number of aliphatic hydroxyl groups is 1. The van der Waals surface area contributed by atoms with Crippen LogP contribution in [-0.2, 0) is 11.3 Å². The maximum atomic E-state index is 12.6. The highest BCUT2D eigenvalue weighted by molar-refractivity contribution is 5.76. The Morgan fingerprint density at radius 3 is 2.76 bits per heavy atom. The minimum atomic E-state index is -0.716. The van der Waals surface area contributed by atoms with E-state index in [0.717, 1.165) is 23.2 Å². The molecule has 0 atom stereocenters. The number of amides is 1. The standard InChI is InChI=1S/C16H21N5O4/c1-16(24)6-10(7-16)17-13(22)8-20-14(23)12-5-11(9-3-4-9)18-21(12)15(19-20)25-2/h5,9-10,24H,3-4,6-8H2,1-2H3,(H,17,22). The van der Waals surface area contributed by atoms with Gasteiger partial charge in [0.25, 0.3) is 5.56 Å². The van der Waals surface area contributed by atoms with Gasteiger partial charge in [-0.2, -0.15) is 9.61 Å². The lowest BCUT2D eigenvalue weighted by molar-refractivity contribution is -0.125. The van der Waals surface area contributed by atoms with Gasteiger partial charge in [0.2, 0.25) is 5.91 Å². The van der Waals surface area contributed by atoms with Crippen molar-refractivity contribution in [1.82, 2.24) is 24.7 Å². The number of nitrogens with one attached hydrogen (secondary N) is 1. The van der Waals surface area contributed by atoms with E-state index in [1.54, 1.807) is 13.0 Å². The van der Waals surface area contributed by atoms with E-state index in [2.05, 4.69) is 15.5 Å². The number of aromatic nitrogens is 4. The topological polar surface area (TPSA) is 111 Å². The zero-order chi connectivity index (χ0) is 17.8. The lowest BCUT2D eigenvalue weighted by Crippen LogP contribution is -2.54. The van der Waals surface area contributed by atoms with E-state index >= 15 is 0 Å². The molecule has 0 unspecified atom stereocenters. The second-order valence-electron chi connectivity index (χ2n) is 7.26. The molecule has 4 rings (SSSR count). The summed E-state index contributed by atoms with van der Waals surface area (Å²) in [5.74, 6) is 0.0793. The predicted octanol–water partition coefficient (Wildman–Crippen LogP) is -0.193. The van der Waals surface area contributed by atoms with Crippen molar-refractivity contribution < 1.29 is 14.6 Å². The number of rotatable bonds is 5. The van der Waals surface area contributed by atoms with Crippen LogP contribution in [0.15, 0.2) is 10.9 Å². The number of nitrogens with zero attached hydrogens (tertiary/aromatic N) is 4. The van der Waals surface area contributed by atoms with Crippen molar-refractivity contribution in [2.75, 3.05) is 7.11 Å². The van der Waals surface area contributed by atoms with Gasteiger partial charge in [-0.1, -0.05) is 0 Å². The van der Waals surface area contributed by atoms with E-state index in [0.29, 0.717) is 24.3 Å². The van der Waals surface area contributed by atoms with Crippen LogP contribution >= 0.6 is 0 Å². The van der Waals surface area contributed by atoms with Gasteiger partial charge in [-0.3, -0.25) is 9.59 Å². The summed E-state index contributed by atoms with van der Waals surface area (Å²) >= 11 is 0. The number of carbonyl (C=O) groups is 1. The predicted molar refractivity (Wildman–Crippen MR) is 87.6 cm³/mol. The average molecular weight is 347 g/mol. The maximum absolute atomic E-state index is 12.6. The molecule has 2 aliphatic rings. The smallest absolute Gasteiger partial charge is 0.335 e. The van der Waals surface area contributed by atoms with Gasteiger partial charge in [0.05, 0.1) is 18.4 Å². The number of carbonyl (C=O) groups excluding carboxylic acids is 1. The molecule has 134 valence electrons. The van der Waals surface area contributed by atoms with Crippen molar-refractivity contribution in [3.63, 3.8) is 0 Å². The SMILES string of the molecule is COc1nn(CC(=O)NC2CC(C)(O)C2)c(=O)c2cc(C3CC3)nn12. The zero-order valence-electron chi connectivity index (χ0n) is 14.2. The van der Waals surface area contributed by atoms with Gasteiger partial charge in [0, 0.05) is 12.0 Å². The molecule has 9 nitrogen and oxygen atoms in total. The van der Waals surface area contributed by atoms with Gasteiger partial charge >= 0.3 is 6.01 Å². The summed E-state index contributed by atoms with van der Waals surface area (Å²) < 4.78 is 7.72. The number of fused-ring (bicyclic) bond motifs is 1. The van der Waals surface area contributed by atoms with Crippen LogP contribution in [0.25, 0.3) is 5.52 Å². The van der Waals surface area contributed by atoms with Crippen molar-refractivity contribution in [1.29, 1.82) is 0 Å². The third-order valence-corrected chi connectivity index (χ3v) is 4.78. The van der Waals surface area contributed by atoms with Gasteiger partial charge in [-0.25, -0.2) is 4.68 Å². The summed E-state index contributed by atoms with van der Waals surface area (Å²) in [6, 6.07) is 1.85. The van der Waals surface area contributed by atoms with E-state index in [1.807, 2.05) is 0 Å². The summed E-state index contributed by atoms with van der Waals surface area (Å²) in [5.41, 5.74) is 0.117. The fourth-order valence-electron chi connectivity index (χ4n) is 3.35. The normalized spacial score (nSPS) is 25.6. The van der Waals surface area contributed by atoms with Crippen LogP contribution in [0, 0.1) is 0 Å². The highest BCUT2D eigenvalue weighted by atomic mass is 16.5. The molecule has 1 amide bonds. The Balaban J connectivity index is 1.57. The van der Waals surface area contributed by atoms with Crippen LogP contribution in [-0.4, -0.2) is 49.2 Å². The average Bonchev–Trinajstić information content (AvgIpc) is 3.27. The van der Waals surface area contributed by atoms with Gasteiger partial charge < -0.3 is 15.2 Å². The first kappa shape index (κ1) is 16.1. The Bertz CT molecular complexity index is 888. The molecule has 0 spiro atoms. The summed E-state index contributed by atoms with van der Waals surface area (Å²) in [5, 5.41) is 21.0. The quantitative estimate of drug-likeness (QED) is 0.775. The molecule has 2 N–H and O–H groups in total. The van der Waals surface area contributed by atoms with Gasteiger partial charge in [0.1, 0.15) is 12.1 Å². The summed E-state index contributed by atoms with van der Waals surface area (Å²) in [6.07, 6.45) is 3.16. The Morgan fingerprint density at radius 2 is 2.16 bits per heavy atom. The second kappa shape index (κ2) is 5.55. The molecule has 0 aromatic carbocycles. The van der Waals surface area contributed by atoms with E-state index in [9.17, 15) is 14.7 Å². The van der Waals surface area contributed by atoms with Crippen molar-refractivity contribution in [2.45, 2.75) is 56.7 Å².